The van der Waals surface area contributed by atoms with Crippen LogP contribution < -0.4 is 4.90 Å². The molecule has 246 valence electrons. The molecule has 11 rings (SSSR count). The molecular weight excluding hydrogens is 647 g/mol. The molecule has 0 N–H and O–H groups in total. The predicted octanol–water partition coefficient (Wildman–Crippen LogP) is 13.4. The summed E-state index contributed by atoms with van der Waals surface area (Å²) in [6, 6.07) is 65.9. The molecule has 2 aliphatic carbocycles. The lowest BCUT2D eigenvalue weighted by atomic mass is 9.66. The van der Waals surface area contributed by atoms with E-state index in [1.165, 1.54) is 81.9 Å². The molecule has 8 aromatic carbocycles. The van der Waals surface area contributed by atoms with Crippen molar-refractivity contribution in [1.82, 2.24) is 0 Å². The maximum atomic E-state index is 2.51. The molecule has 1 nitrogen and oxygen atoms in total. The fourth-order valence-electron chi connectivity index (χ4n) is 9.66. The number of anilines is 3. The Morgan fingerprint density at radius 3 is 1.77 bits per heavy atom. The highest BCUT2D eigenvalue weighted by atomic mass is 32.2. The Balaban J connectivity index is 1.21. The Kier molecular flexibility index (Phi) is 6.22. The van der Waals surface area contributed by atoms with Crippen LogP contribution >= 0.6 is 11.8 Å². The van der Waals surface area contributed by atoms with Gasteiger partial charge in [-0.15, -0.1) is 0 Å². The van der Waals surface area contributed by atoms with Crippen LogP contribution in [0.2, 0.25) is 0 Å². The molecule has 52 heavy (non-hydrogen) atoms. The molecule has 1 spiro atoms. The Morgan fingerprint density at radius 2 is 0.981 bits per heavy atom. The molecule has 0 bridgehead atoms. The molecule has 0 radical (unpaired) electrons. The number of rotatable bonds is 3. The van der Waals surface area contributed by atoms with Crippen LogP contribution in [0.5, 0.6) is 0 Å². The van der Waals surface area contributed by atoms with E-state index in [2.05, 4.69) is 195 Å². The normalized spacial score (nSPS) is 16.8. The summed E-state index contributed by atoms with van der Waals surface area (Å²) in [5.74, 6) is 0. The summed E-state index contributed by atoms with van der Waals surface area (Å²) in [6.07, 6.45) is 0. The van der Waals surface area contributed by atoms with Crippen molar-refractivity contribution < 1.29 is 0 Å². The second-order valence-electron chi connectivity index (χ2n) is 14.9. The zero-order chi connectivity index (χ0) is 34.6. The van der Waals surface area contributed by atoms with Gasteiger partial charge in [0.1, 0.15) is 0 Å². The number of benzene rings is 8. The maximum Gasteiger partial charge on any atom is 0.0742 e. The van der Waals surface area contributed by atoms with Gasteiger partial charge in [0.2, 0.25) is 0 Å². The molecule has 0 aromatic heterocycles. The van der Waals surface area contributed by atoms with Crippen LogP contribution in [0.4, 0.5) is 17.1 Å². The zero-order valence-corrected chi connectivity index (χ0v) is 29.9. The van der Waals surface area contributed by atoms with Gasteiger partial charge in [-0.05, 0) is 115 Å². The number of fused-ring (bicyclic) bond motifs is 14. The first-order valence-corrected chi connectivity index (χ1v) is 19.0. The van der Waals surface area contributed by atoms with E-state index >= 15 is 0 Å². The van der Waals surface area contributed by atoms with Crippen molar-refractivity contribution >= 4 is 39.6 Å². The van der Waals surface area contributed by atoms with E-state index in [1.807, 2.05) is 11.8 Å². The lowest BCUT2D eigenvalue weighted by Gasteiger charge is -2.41. The summed E-state index contributed by atoms with van der Waals surface area (Å²) < 4.78 is 0. The minimum atomic E-state index is -0.482. The largest absolute Gasteiger partial charge is 0.310 e. The topological polar surface area (TPSA) is 3.24 Å². The van der Waals surface area contributed by atoms with Crippen LogP contribution in [0, 0.1) is 0 Å². The van der Waals surface area contributed by atoms with Crippen LogP contribution in [-0.4, -0.2) is 0 Å². The van der Waals surface area contributed by atoms with Crippen LogP contribution in [-0.2, 0) is 10.8 Å². The third-order valence-electron chi connectivity index (χ3n) is 11.9. The fourth-order valence-corrected chi connectivity index (χ4v) is 10.9. The molecule has 0 saturated heterocycles. The minimum Gasteiger partial charge on any atom is -0.310 e. The molecule has 1 heterocycles. The van der Waals surface area contributed by atoms with Crippen molar-refractivity contribution in [1.29, 1.82) is 0 Å². The molecule has 2 heteroatoms. The van der Waals surface area contributed by atoms with Gasteiger partial charge in [-0.25, -0.2) is 0 Å². The van der Waals surface area contributed by atoms with Crippen LogP contribution in [0.15, 0.2) is 186 Å². The fraction of sp³-hybridized carbons (Fsp3) is 0.0800. The van der Waals surface area contributed by atoms with Crippen molar-refractivity contribution in [3.8, 4) is 22.3 Å². The van der Waals surface area contributed by atoms with Crippen LogP contribution in [0.3, 0.4) is 0 Å². The lowest BCUT2D eigenvalue weighted by molar-refractivity contribution is 0.660. The van der Waals surface area contributed by atoms with E-state index in [1.54, 1.807) is 0 Å². The lowest BCUT2D eigenvalue weighted by Crippen LogP contribution is -2.32. The number of nitrogens with zero attached hydrogens (tertiary/aromatic N) is 1. The van der Waals surface area contributed by atoms with Gasteiger partial charge in [0, 0.05) is 32.3 Å². The van der Waals surface area contributed by atoms with Gasteiger partial charge in [-0.2, -0.15) is 0 Å². The van der Waals surface area contributed by atoms with Gasteiger partial charge in [0.05, 0.1) is 5.41 Å². The Morgan fingerprint density at radius 1 is 0.404 bits per heavy atom. The third-order valence-corrected chi connectivity index (χ3v) is 13.0. The van der Waals surface area contributed by atoms with Crippen LogP contribution in [0.1, 0.15) is 47.2 Å². The molecule has 1 unspecified atom stereocenters. The highest BCUT2D eigenvalue weighted by Gasteiger charge is 2.51. The van der Waals surface area contributed by atoms with E-state index in [4.69, 9.17) is 0 Å². The van der Waals surface area contributed by atoms with Gasteiger partial charge >= 0.3 is 0 Å². The Hall–Kier alpha value is -5.83. The quantitative estimate of drug-likeness (QED) is 0.183. The van der Waals surface area contributed by atoms with E-state index in [9.17, 15) is 0 Å². The third kappa shape index (κ3) is 3.91. The highest BCUT2D eigenvalue weighted by molar-refractivity contribution is 7.99. The van der Waals surface area contributed by atoms with Crippen molar-refractivity contribution in [2.24, 2.45) is 0 Å². The van der Waals surface area contributed by atoms with Gasteiger partial charge < -0.3 is 4.90 Å². The molecule has 0 saturated carbocycles. The van der Waals surface area contributed by atoms with E-state index in [0.717, 1.165) is 11.4 Å². The maximum absolute atomic E-state index is 2.51. The van der Waals surface area contributed by atoms with Gasteiger partial charge in [0.25, 0.3) is 0 Å². The zero-order valence-electron chi connectivity index (χ0n) is 29.1. The van der Waals surface area contributed by atoms with Crippen molar-refractivity contribution in [2.75, 3.05) is 4.90 Å². The number of hydrogen-bond donors (Lipinski definition) is 0. The molecule has 8 aromatic rings. The van der Waals surface area contributed by atoms with Gasteiger partial charge in [-0.3, -0.25) is 0 Å². The van der Waals surface area contributed by atoms with Gasteiger partial charge in [0.15, 0.2) is 0 Å². The van der Waals surface area contributed by atoms with Crippen molar-refractivity contribution in [3.05, 3.63) is 209 Å². The smallest absolute Gasteiger partial charge is 0.0742 e. The number of hydrogen-bond acceptors (Lipinski definition) is 2. The summed E-state index contributed by atoms with van der Waals surface area (Å²) in [7, 11) is 0. The minimum absolute atomic E-state index is 0.0951. The molecule has 3 aliphatic rings. The monoisotopic (exact) mass is 681 g/mol. The predicted molar refractivity (Wildman–Crippen MR) is 218 cm³/mol. The summed E-state index contributed by atoms with van der Waals surface area (Å²) >= 11 is 1.91. The van der Waals surface area contributed by atoms with Crippen LogP contribution in [0.25, 0.3) is 33.0 Å². The number of para-hydroxylation sites is 1. The molecule has 1 atom stereocenters. The van der Waals surface area contributed by atoms with Gasteiger partial charge in [-0.1, -0.05) is 153 Å². The summed E-state index contributed by atoms with van der Waals surface area (Å²) in [4.78, 5) is 5.11. The van der Waals surface area contributed by atoms with Crippen molar-refractivity contribution in [2.45, 2.75) is 34.5 Å². The van der Waals surface area contributed by atoms with E-state index in [0.29, 0.717) is 0 Å². The first-order valence-electron chi connectivity index (χ1n) is 18.2. The molecule has 1 aliphatic heterocycles. The molecule has 0 fully saturated rings. The van der Waals surface area contributed by atoms with E-state index in [-0.39, 0.29) is 5.41 Å². The average Bonchev–Trinajstić information content (AvgIpc) is 3.60. The standard InChI is InChI=1S/C50H35NS/c1-49(2)41-20-10-8-18-37(41)39-27-25-34(30-44(39)49)51(33-15-4-3-5-16-33)35-26-28-40-38-19-9-11-21-42(38)50(45(40)31-35)43-22-12-13-23-46(43)52-47-29-24-32-14-6-7-17-36(32)48(47)50/h3-31H,1-2H3. The first-order chi connectivity index (χ1) is 25.5. The highest BCUT2D eigenvalue weighted by Crippen LogP contribution is 2.64. The summed E-state index contributed by atoms with van der Waals surface area (Å²) in [6.45, 7) is 4.73. The molecular formula is C50H35NS. The Bertz CT molecular complexity index is 2760. The van der Waals surface area contributed by atoms with Crippen molar-refractivity contribution in [3.63, 3.8) is 0 Å². The summed E-state index contributed by atoms with van der Waals surface area (Å²) in [5.41, 5.74) is 16.4. The second-order valence-corrected chi connectivity index (χ2v) is 15.9. The molecule has 0 amide bonds. The second kappa shape index (κ2) is 10.8. The SMILES string of the molecule is CC1(C)c2ccccc2-c2ccc(N(c3ccccc3)c3ccc4c(c3)C3(c5ccccc5Sc5ccc6ccccc6c53)c3ccccc3-4)cc21. The van der Waals surface area contributed by atoms with E-state index < -0.39 is 5.41 Å². The Labute approximate surface area is 309 Å². The average molecular weight is 682 g/mol. The summed E-state index contributed by atoms with van der Waals surface area (Å²) in [5, 5.41) is 2.59. The first kappa shape index (κ1) is 29.9.